The third-order valence-corrected chi connectivity index (χ3v) is 3.80. The zero-order chi connectivity index (χ0) is 14.0. The van der Waals surface area contributed by atoms with Gasteiger partial charge >= 0.3 is 6.09 Å². The molecule has 0 spiro atoms. The summed E-state index contributed by atoms with van der Waals surface area (Å²) in [6, 6.07) is 0.492. The van der Waals surface area contributed by atoms with Crippen LogP contribution in [-0.2, 0) is 4.74 Å². The Morgan fingerprint density at radius 1 is 1.26 bits per heavy atom. The minimum Gasteiger partial charge on any atom is -0.444 e. The van der Waals surface area contributed by atoms with Crippen molar-refractivity contribution in [3.8, 4) is 12.3 Å². The van der Waals surface area contributed by atoms with Gasteiger partial charge < -0.3 is 9.64 Å². The Labute approximate surface area is 116 Å². The summed E-state index contributed by atoms with van der Waals surface area (Å²) >= 11 is 0. The maximum absolute atomic E-state index is 11.8. The number of carbonyl (C=O) groups excluding carboxylic acids is 1. The molecule has 0 aromatic heterocycles. The Hall–Kier alpha value is -1.21. The molecule has 0 aromatic carbocycles. The highest BCUT2D eigenvalue weighted by Crippen LogP contribution is 2.24. The van der Waals surface area contributed by atoms with Crippen LogP contribution in [0.4, 0.5) is 4.79 Å². The molecule has 2 rings (SSSR count). The summed E-state index contributed by atoms with van der Waals surface area (Å²) in [5.74, 6) is 3.28. The molecule has 1 amide bonds. The number of nitrogens with zero attached hydrogens (tertiary/aromatic N) is 2. The molecule has 0 bridgehead atoms. The van der Waals surface area contributed by atoms with Crippen LogP contribution in [-0.4, -0.2) is 53.7 Å². The lowest BCUT2D eigenvalue weighted by Gasteiger charge is -2.47. The Morgan fingerprint density at radius 3 is 2.32 bits per heavy atom. The highest BCUT2D eigenvalue weighted by molar-refractivity contribution is 5.69. The fourth-order valence-electron chi connectivity index (χ4n) is 2.59. The van der Waals surface area contributed by atoms with E-state index in [9.17, 15) is 4.79 Å². The van der Waals surface area contributed by atoms with E-state index in [0.717, 1.165) is 39.0 Å². The number of hydrogen-bond acceptors (Lipinski definition) is 3. The van der Waals surface area contributed by atoms with Crippen molar-refractivity contribution in [3.05, 3.63) is 0 Å². The first kappa shape index (κ1) is 14.2. The standard InChI is InChI=1S/C15H24N2O2/c1-5-12-6-8-16(9-7-12)13-10-17(11-13)14(18)19-15(2,3)4/h1,12-13H,6-11H2,2-4H3. The van der Waals surface area contributed by atoms with Gasteiger partial charge in [0.2, 0.25) is 0 Å². The SMILES string of the molecule is C#CC1CCN(C2CN(C(=O)OC(C)(C)C)C2)CC1. The summed E-state index contributed by atoms with van der Waals surface area (Å²) in [5.41, 5.74) is -0.409. The minimum atomic E-state index is -0.409. The largest absolute Gasteiger partial charge is 0.444 e. The minimum absolute atomic E-state index is 0.192. The van der Waals surface area contributed by atoms with E-state index in [4.69, 9.17) is 11.2 Å². The summed E-state index contributed by atoms with van der Waals surface area (Å²) in [7, 11) is 0. The molecular formula is C15H24N2O2. The lowest BCUT2D eigenvalue weighted by atomic mass is 9.95. The first-order valence-electron chi connectivity index (χ1n) is 7.07. The fourth-order valence-corrected chi connectivity index (χ4v) is 2.59. The van der Waals surface area contributed by atoms with Gasteiger partial charge in [0.05, 0.1) is 0 Å². The molecule has 2 heterocycles. The maximum Gasteiger partial charge on any atom is 0.410 e. The van der Waals surface area contributed by atoms with Crippen LogP contribution in [0, 0.1) is 18.3 Å². The zero-order valence-corrected chi connectivity index (χ0v) is 12.2. The molecule has 0 atom stereocenters. The second-order valence-electron chi connectivity index (χ2n) is 6.52. The van der Waals surface area contributed by atoms with Gasteiger partial charge in [-0.2, -0.15) is 0 Å². The maximum atomic E-state index is 11.8. The zero-order valence-electron chi connectivity index (χ0n) is 12.2. The molecule has 0 aromatic rings. The number of amides is 1. The lowest BCUT2D eigenvalue weighted by molar-refractivity contribution is -0.0201. The first-order valence-corrected chi connectivity index (χ1v) is 7.07. The molecule has 4 heteroatoms. The van der Waals surface area contributed by atoms with Crippen molar-refractivity contribution in [2.75, 3.05) is 26.2 Å². The van der Waals surface area contributed by atoms with Crippen molar-refractivity contribution in [1.82, 2.24) is 9.80 Å². The van der Waals surface area contributed by atoms with Crippen LogP contribution >= 0.6 is 0 Å². The van der Waals surface area contributed by atoms with E-state index in [-0.39, 0.29) is 6.09 Å². The molecule has 0 aliphatic carbocycles. The smallest absolute Gasteiger partial charge is 0.410 e. The highest BCUT2D eigenvalue weighted by Gasteiger charge is 2.37. The summed E-state index contributed by atoms with van der Waals surface area (Å²) in [4.78, 5) is 16.1. The van der Waals surface area contributed by atoms with E-state index in [2.05, 4.69) is 10.8 Å². The average Bonchev–Trinajstić information content (AvgIpc) is 2.25. The number of likely N-dealkylation sites (tertiary alicyclic amines) is 2. The van der Waals surface area contributed by atoms with Gasteiger partial charge in [0, 0.05) is 25.0 Å². The molecule has 19 heavy (non-hydrogen) atoms. The highest BCUT2D eigenvalue weighted by atomic mass is 16.6. The normalized spacial score (nSPS) is 22.7. The van der Waals surface area contributed by atoms with Crippen LogP contribution < -0.4 is 0 Å². The van der Waals surface area contributed by atoms with Gasteiger partial charge in [-0.3, -0.25) is 4.90 Å². The second-order valence-corrected chi connectivity index (χ2v) is 6.52. The van der Waals surface area contributed by atoms with Crippen LogP contribution in [0.5, 0.6) is 0 Å². The Balaban J connectivity index is 1.72. The van der Waals surface area contributed by atoms with Crippen LogP contribution in [0.2, 0.25) is 0 Å². The van der Waals surface area contributed by atoms with Crippen molar-refractivity contribution >= 4 is 6.09 Å². The third-order valence-electron chi connectivity index (χ3n) is 3.80. The molecule has 0 N–H and O–H groups in total. The quantitative estimate of drug-likeness (QED) is 0.679. The number of carbonyl (C=O) groups is 1. The van der Waals surface area contributed by atoms with E-state index >= 15 is 0 Å². The third kappa shape index (κ3) is 3.63. The van der Waals surface area contributed by atoms with Crippen molar-refractivity contribution in [2.24, 2.45) is 5.92 Å². The number of terminal acetylenes is 1. The Bertz CT molecular complexity index is 367. The van der Waals surface area contributed by atoms with Crippen LogP contribution in [0.25, 0.3) is 0 Å². The van der Waals surface area contributed by atoms with Crippen molar-refractivity contribution in [1.29, 1.82) is 0 Å². The first-order chi connectivity index (χ1) is 8.89. The summed E-state index contributed by atoms with van der Waals surface area (Å²) in [6.45, 7) is 9.38. The van der Waals surface area contributed by atoms with Crippen molar-refractivity contribution < 1.29 is 9.53 Å². The van der Waals surface area contributed by atoms with Gasteiger partial charge in [0.25, 0.3) is 0 Å². The van der Waals surface area contributed by atoms with E-state index < -0.39 is 5.60 Å². The topological polar surface area (TPSA) is 32.8 Å². The van der Waals surface area contributed by atoms with Gasteiger partial charge in [-0.25, -0.2) is 4.79 Å². The predicted molar refractivity (Wildman–Crippen MR) is 74.7 cm³/mol. The van der Waals surface area contributed by atoms with Crippen molar-refractivity contribution in [2.45, 2.75) is 45.3 Å². The molecule has 2 aliphatic heterocycles. The summed E-state index contributed by atoms with van der Waals surface area (Å²) in [6.07, 6.45) is 7.43. The van der Waals surface area contributed by atoms with E-state index in [1.807, 2.05) is 20.8 Å². The summed E-state index contributed by atoms with van der Waals surface area (Å²) in [5, 5.41) is 0. The predicted octanol–water partition coefficient (Wildman–Crippen LogP) is 1.95. The molecule has 2 fully saturated rings. The summed E-state index contributed by atoms with van der Waals surface area (Å²) < 4.78 is 5.35. The van der Waals surface area contributed by atoms with E-state index in [1.165, 1.54) is 0 Å². The molecule has 2 saturated heterocycles. The van der Waals surface area contributed by atoms with Gasteiger partial charge in [0.1, 0.15) is 5.60 Å². The molecule has 4 nitrogen and oxygen atoms in total. The number of rotatable bonds is 1. The van der Waals surface area contributed by atoms with Gasteiger partial charge in [-0.1, -0.05) is 0 Å². The molecule has 0 unspecified atom stereocenters. The van der Waals surface area contributed by atoms with Gasteiger partial charge in [0.15, 0.2) is 0 Å². The molecule has 106 valence electrons. The van der Waals surface area contributed by atoms with E-state index in [0.29, 0.717) is 12.0 Å². The Morgan fingerprint density at radius 2 is 1.84 bits per heavy atom. The van der Waals surface area contributed by atoms with Crippen LogP contribution in [0.1, 0.15) is 33.6 Å². The lowest BCUT2D eigenvalue weighted by Crippen LogP contribution is -2.62. The average molecular weight is 264 g/mol. The fraction of sp³-hybridized carbons (Fsp3) is 0.800. The molecule has 0 saturated carbocycles. The number of ether oxygens (including phenoxy) is 1. The van der Waals surface area contributed by atoms with Crippen LogP contribution in [0.3, 0.4) is 0 Å². The molecule has 2 aliphatic rings. The molecule has 0 radical (unpaired) electrons. The monoisotopic (exact) mass is 264 g/mol. The number of piperidine rings is 1. The number of hydrogen-bond donors (Lipinski definition) is 0. The molecular weight excluding hydrogens is 240 g/mol. The second kappa shape index (κ2) is 5.42. The van der Waals surface area contributed by atoms with E-state index in [1.54, 1.807) is 4.90 Å². The Kier molecular flexibility index (Phi) is 4.05. The van der Waals surface area contributed by atoms with Crippen LogP contribution in [0.15, 0.2) is 0 Å². The van der Waals surface area contributed by atoms with Gasteiger partial charge in [-0.05, 0) is 46.7 Å². The van der Waals surface area contributed by atoms with Crippen molar-refractivity contribution in [3.63, 3.8) is 0 Å². The van der Waals surface area contributed by atoms with Gasteiger partial charge in [-0.15, -0.1) is 12.3 Å².